The first-order valence-corrected chi connectivity index (χ1v) is 7.08. The van der Waals surface area contributed by atoms with Crippen LogP contribution in [-0.2, 0) is 0 Å². The van der Waals surface area contributed by atoms with Gasteiger partial charge < -0.3 is 0 Å². The van der Waals surface area contributed by atoms with E-state index in [1.165, 1.54) is 4.57 Å². The van der Waals surface area contributed by atoms with E-state index < -0.39 is 23.0 Å². The van der Waals surface area contributed by atoms with Gasteiger partial charge in [0.2, 0.25) is 0 Å². The second-order valence-electron chi connectivity index (χ2n) is 5.46. The van der Waals surface area contributed by atoms with Gasteiger partial charge in [0.1, 0.15) is 17.0 Å². The quantitative estimate of drug-likeness (QED) is 0.682. The molecule has 0 radical (unpaired) electrons. The fourth-order valence-electron chi connectivity index (χ4n) is 2.59. The third kappa shape index (κ3) is 2.19. The maximum Gasteiger partial charge on any atom is 0.279 e. The molecule has 0 saturated heterocycles. The summed E-state index contributed by atoms with van der Waals surface area (Å²) in [6.45, 7) is 0. The molecule has 4 nitrogen and oxygen atoms in total. The summed E-state index contributed by atoms with van der Waals surface area (Å²) in [5, 5.41) is 0. The zero-order valence-corrected chi connectivity index (χ0v) is 11.8. The molecule has 2 heterocycles. The van der Waals surface area contributed by atoms with Crippen molar-refractivity contribution in [2.24, 2.45) is 0 Å². The lowest BCUT2D eigenvalue weighted by atomic mass is 10.1. The number of benzene rings is 1. The third-order valence-corrected chi connectivity index (χ3v) is 3.83. The monoisotopic (exact) mass is 317 g/mol. The van der Waals surface area contributed by atoms with Crippen molar-refractivity contribution in [3.63, 3.8) is 0 Å². The molecule has 23 heavy (non-hydrogen) atoms. The Morgan fingerprint density at radius 2 is 1.83 bits per heavy atom. The summed E-state index contributed by atoms with van der Waals surface area (Å²) in [6.07, 6.45) is 3.17. The number of hydrogen-bond donors (Lipinski definition) is 0. The fraction of sp³-hybridized carbons (Fsp3) is 0.188. The molecule has 0 aliphatic heterocycles. The van der Waals surface area contributed by atoms with Crippen molar-refractivity contribution in [3.05, 3.63) is 58.3 Å². The highest BCUT2D eigenvalue weighted by atomic mass is 19.2. The number of rotatable bonds is 2. The molecule has 0 atom stereocenters. The average Bonchev–Trinajstić information content (AvgIpc) is 3.35. The molecule has 0 bridgehead atoms. The molecule has 1 aliphatic carbocycles. The Morgan fingerprint density at radius 3 is 2.57 bits per heavy atom. The van der Waals surface area contributed by atoms with Crippen molar-refractivity contribution in [1.29, 1.82) is 0 Å². The van der Waals surface area contributed by atoms with Crippen LogP contribution in [0.5, 0.6) is 0 Å². The Bertz CT molecular complexity index is 996. The van der Waals surface area contributed by atoms with E-state index in [0.29, 0.717) is 23.3 Å². The zero-order chi connectivity index (χ0) is 16.1. The summed E-state index contributed by atoms with van der Waals surface area (Å²) >= 11 is 0. The van der Waals surface area contributed by atoms with Crippen molar-refractivity contribution in [3.8, 4) is 11.3 Å². The van der Waals surface area contributed by atoms with Crippen LogP contribution < -0.4 is 5.56 Å². The minimum Gasteiger partial charge on any atom is -0.286 e. The Labute approximate surface area is 128 Å². The van der Waals surface area contributed by atoms with Gasteiger partial charge in [0, 0.05) is 23.9 Å². The number of aromatic nitrogens is 3. The molecular formula is C16H10F3N3O. The van der Waals surface area contributed by atoms with Gasteiger partial charge >= 0.3 is 0 Å². The van der Waals surface area contributed by atoms with Crippen LogP contribution in [-0.4, -0.2) is 14.5 Å². The first-order valence-electron chi connectivity index (χ1n) is 7.08. The van der Waals surface area contributed by atoms with Crippen LogP contribution in [0.15, 0.2) is 35.3 Å². The summed E-state index contributed by atoms with van der Waals surface area (Å²) in [6, 6.07) is 4.34. The van der Waals surface area contributed by atoms with Crippen LogP contribution in [0.2, 0.25) is 0 Å². The molecule has 1 fully saturated rings. The van der Waals surface area contributed by atoms with Crippen molar-refractivity contribution in [2.75, 3.05) is 0 Å². The minimum absolute atomic E-state index is 0.0185. The highest BCUT2D eigenvalue weighted by molar-refractivity contribution is 5.74. The number of pyridine rings is 1. The number of hydrogen-bond acceptors (Lipinski definition) is 3. The summed E-state index contributed by atoms with van der Waals surface area (Å²) in [7, 11) is 0. The smallest absolute Gasteiger partial charge is 0.279 e. The molecule has 1 aromatic carbocycles. The molecule has 0 N–H and O–H groups in total. The van der Waals surface area contributed by atoms with Gasteiger partial charge in [0.05, 0.1) is 0 Å². The van der Waals surface area contributed by atoms with E-state index in [4.69, 9.17) is 0 Å². The standard InChI is InChI=1S/C16H10F3N3O/c17-10-7-12(19)11(18)6-9(10)14-16(23)22(8-3-4-8)15-13(21-14)2-1-5-20-15/h1-2,5-8H,3-4H2. The summed E-state index contributed by atoms with van der Waals surface area (Å²) in [5.41, 5.74) is -0.337. The lowest BCUT2D eigenvalue weighted by Crippen LogP contribution is -2.24. The normalized spacial score (nSPS) is 14.4. The predicted octanol–water partition coefficient (Wildman–Crippen LogP) is 3.21. The van der Waals surface area contributed by atoms with E-state index >= 15 is 0 Å². The van der Waals surface area contributed by atoms with Gasteiger partial charge in [-0.05, 0) is 31.0 Å². The number of nitrogens with zero attached hydrogens (tertiary/aromatic N) is 3. The molecule has 2 aromatic heterocycles. The molecule has 0 amide bonds. The summed E-state index contributed by atoms with van der Waals surface area (Å²) in [4.78, 5) is 21.0. The van der Waals surface area contributed by atoms with E-state index in [9.17, 15) is 18.0 Å². The van der Waals surface area contributed by atoms with E-state index in [1.54, 1.807) is 18.3 Å². The van der Waals surface area contributed by atoms with Gasteiger partial charge in [-0.1, -0.05) is 0 Å². The van der Waals surface area contributed by atoms with Crippen LogP contribution >= 0.6 is 0 Å². The molecule has 0 spiro atoms. The molecular weight excluding hydrogens is 307 g/mol. The van der Waals surface area contributed by atoms with Gasteiger partial charge in [0.25, 0.3) is 5.56 Å². The molecule has 3 aromatic rings. The number of halogens is 3. The fourth-order valence-corrected chi connectivity index (χ4v) is 2.59. The molecule has 1 aliphatic rings. The predicted molar refractivity (Wildman–Crippen MR) is 77.4 cm³/mol. The number of fused-ring (bicyclic) bond motifs is 1. The van der Waals surface area contributed by atoms with Crippen molar-refractivity contribution >= 4 is 11.2 Å². The van der Waals surface area contributed by atoms with Crippen molar-refractivity contribution in [2.45, 2.75) is 18.9 Å². The van der Waals surface area contributed by atoms with E-state index in [1.807, 2.05) is 0 Å². The highest BCUT2D eigenvalue weighted by Gasteiger charge is 2.29. The van der Waals surface area contributed by atoms with Crippen LogP contribution in [0.1, 0.15) is 18.9 Å². The molecule has 7 heteroatoms. The van der Waals surface area contributed by atoms with Gasteiger partial charge in [-0.25, -0.2) is 23.1 Å². The van der Waals surface area contributed by atoms with Crippen molar-refractivity contribution in [1.82, 2.24) is 14.5 Å². The van der Waals surface area contributed by atoms with E-state index in [-0.39, 0.29) is 17.3 Å². The van der Waals surface area contributed by atoms with Crippen LogP contribution in [0.4, 0.5) is 13.2 Å². The molecule has 1 saturated carbocycles. The van der Waals surface area contributed by atoms with E-state index in [2.05, 4.69) is 9.97 Å². The topological polar surface area (TPSA) is 47.8 Å². The van der Waals surface area contributed by atoms with Gasteiger partial charge in [0.15, 0.2) is 17.3 Å². The van der Waals surface area contributed by atoms with Crippen LogP contribution in [0.25, 0.3) is 22.4 Å². The summed E-state index contributed by atoms with van der Waals surface area (Å²) in [5.74, 6) is -3.57. The first kappa shape index (κ1) is 13.9. The Balaban J connectivity index is 2.07. The largest absolute Gasteiger partial charge is 0.286 e. The van der Waals surface area contributed by atoms with Crippen molar-refractivity contribution < 1.29 is 13.2 Å². The van der Waals surface area contributed by atoms with Gasteiger partial charge in [-0.15, -0.1) is 0 Å². The Hall–Kier alpha value is -2.70. The van der Waals surface area contributed by atoms with Gasteiger partial charge in [-0.3, -0.25) is 9.36 Å². The first-order chi connectivity index (χ1) is 11.1. The maximum atomic E-state index is 14.0. The SMILES string of the molecule is O=c1c(-c2cc(F)c(F)cc2F)nc2cccnc2n1C1CC1. The second-order valence-corrected chi connectivity index (χ2v) is 5.46. The highest BCUT2D eigenvalue weighted by Crippen LogP contribution is 2.35. The average molecular weight is 317 g/mol. The van der Waals surface area contributed by atoms with Crippen LogP contribution in [0, 0.1) is 17.5 Å². The van der Waals surface area contributed by atoms with Crippen LogP contribution in [0.3, 0.4) is 0 Å². The molecule has 0 unspecified atom stereocenters. The Kier molecular flexibility index (Phi) is 2.97. The summed E-state index contributed by atoms with van der Waals surface area (Å²) < 4.78 is 42.1. The maximum absolute atomic E-state index is 14.0. The second kappa shape index (κ2) is 4.91. The van der Waals surface area contributed by atoms with E-state index in [0.717, 1.165) is 12.8 Å². The zero-order valence-electron chi connectivity index (χ0n) is 11.8. The lowest BCUT2D eigenvalue weighted by molar-refractivity contribution is 0.496. The minimum atomic E-state index is -1.31. The Morgan fingerprint density at radius 1 is 1.09 bits per heavy atom. The third-order valence-electron chi connectivity index (χ3n) is 3.83. The molecule has 4 rings (SSSR count). The van der Waals surface area contributed by atoms with Gasteiger partial charge in [-0.2, -0.15) is 0 Å². The molecule has 116 valence electrons. The lowest BCUT2D eigenvalue weighted by Gasteiger charge is -2.11.